The first-order chi connectivity index (χ1) is 9.52. The minimum absolute atomic E-state index is 0.0272. The number of aliphatic carboxylic acids is 1. The lowest BCUT2D eigenvalue weighted by molar-refractivity contribution is -0.142. The fourth-order valence-corrected chi connectivity index (χ4v) is 2.46. The number of methoxy groups -OCH3 is 1. The second-order valence-electron chi connectivity index (χ2n) is 5.55. The fourth-order valence-electron chi connectivity index (χ4n) is 2.46. The Bertz CT molecular complexity index is 279. The Morgan fingerprint density at radius 3 is 2.50 bits per heavy atom. The monoisotopic (exact) mass is 289 g/mol. The molecule has 3 N–H and O–H groups in total. The summed E-state index contributed by atoms with van der Waals surface area (Å²) in [6.45, 7) is 3.17. The van der Waals surface area contributed by atoms with Crippen LogP contribution in [-0.2, 0) is 14.3 Å². The molecule has 0 aromatic rings. The van der Waals surface area contributed by atoms with E-state index in [4.69, 9.17) is 14.6 Å². The first kappa shape index (κ1) is 17.4. The quantitative estimate of drug-likeness (QED) is 0.577. The minimum atomic E-state index is -0.691. The molecule has 1 fully saturated rings. The number of hydrogen-bond acceptors (Lipinski definition) is 5. The Balaban J connectivity index is 2.10. The first-order valence-electron chi connectivity index (χ1n) is 7.27. The molecule has 0 radical (unpaired) electrons. The van der Waals surface area contributed by atoms with Gasteiger partial charge in [0.05, 0.1) is 31.3 Å². The van der Waals surface area contributed by atoms with Gasteiger partial charge >= 0.3 is 5.97 Å². The normalized spacial score (nSPS) is 26.1. The molecule has 2 atom stereocenters. The van der Waals surface area contributed by atoms with Gasteiger partial charge in [-0.05, 0) is 32.6 Å². The zero-order chi connectivity index (χ0) is 15.0. The van der Waals surface area contributed by atoms with E-state index in [-0.39, 0.29) is 18.6 Å². The van der Waals surface area contributed by atoms with E-state index in [0.717, 1.165) is 12.8 Å². The Morgan fingerprint density at radius 2 is 1.95 bits per heavy atom. The van der Waals surface area contributed by atoms with Crippen molar-refractivity contribution in [3.63, 3.8) is 0 Å². The van der Waals surface area contributed by atoms with Crippen molar-refractivity contribution < 1.29 is 24.5 Å². The van der Waals surface area contributed by atoms with E-state index in [9.17, 15) is 9.90 Å². The van der Waals surface area contributed by atoms with Gasteiger partial charge < -0.3 is 25.0 Å². The molecule has 0 aromatic carbocycles. The number of nitrogens with one attached hydrogen (secondary N) is 1. The maximum atomic E-state index is 10.8. The molecule has 0 heterocycles. The molecule has 1 aliphatic carbocycles. The smallest absolute Gasteiger partial charge is 0.306 e. The molecule has 6 nitrogen and oxygen atoms in total. The van der Waals surface area contributed by atoms with Crippen LogP contribution in [0.5, 0.6) is 0 Å². The highest BCUT2D eigenvalue weighted by atomic mass is 16.5. The van der Waals surface area contributed by atoms with Crippen molar-refractivity contribution in [2.24, 2.45) is 5.92 Å². The first-order valence-corrected chi connectivity index (χ1v) is 7.27. The summed E-state index contributed by atoms with van der Waals surface area (Å²) in [6, 6.07) is 0.302. The van der Waals surface area contributed by atoms with Crippen molar-refractivity contribution in [3.8, 4) is 0 Å². The van der Waals surface area contributed by atoms with Crippen LogP contribution >= 0.6 is 0 Å². The third kappa shape index (κ3) is 6.65. The van der Waals surface area contributed by atoms with Crippen LogP contribution in [0.15, 0.2) is 0 Å². The SMILES string of the molecule is COCC(C)OCC(O)CNC1CCC(C(=O)O)CC1. The maximum absolute atomic E-state index is 10.8. The van der Waals surface area contributed by atoms with Gasteiger partial charge in [0, 0.05) is 19.7 Å². The Hall–Kier alpha value is -0.690. The molecule has 1 aliphatic rings. The Labute approximate surface area is 120 Å². The summed E-state index contributed by atoms with van der Waals surface area (Å²) >= 11 is 0. The largest absolute Gasteiger partial charge is 0.481 e. The lowest BCUT2D eigenvalue weighted by atomic mass is 9.86. The molecular weight excluding hydrogens is 262 g/mol. The molecule has 20 heavy (non-hydrogen) atoms. The molecule has 0 saturated heterocycles. The van der Waals surface area contributed by atoms with Crippen LogP contribution in [0.4, 0.5) is 0 Å². The number of aliphatic hydroxyl groups is 1. The van der Waals surface area contributed by atoms with E-state index in [1.54, 1.807) is 7.11 Å². The van der Waals surface area contributed by atoms with Gasteiger partial charge in [0.2, 0.25) is 0 Å². The zero-order valence-electron chi connectivity index (χ0n) is 12.4. The summed E-state index contributed by atoms with van der Waals surface area (Å²) in [5.41, 5.74) is 0. The third-order valence-corrected chi connectivity index (χ3v) is 3.69. The molecule has 118 valence electrons. The van der Waals surface area contributed by atoms with Crippen LogP contribution in [0.2, 0.25) is 0 Å². The molecule has 0 amide bonds. The maximum Gasteiger partial charge on any atom is 0.306 e. The number of hydrogen-bond donors (Lipinski definition) is 3. The summed E-state index contributed by atoms with van der Waals surface area (Å²) in [5.74, 6) is -0.889. The second kappa shape index (κ2) is 9.28. The van der Waals surface area contributed by atoms with Crippen LogP contribution in [0.25, 0.3) is 0 Å². The van der Waals surface area contributed by atoms with E-state index >= 15 is 0 Å². The van der Waals surface area contributed by atoms with Crippen molar-refractivity contribution in [2.45, 2.75) is 50.9 Å². The van der Waals surface area contributed by atoms with E-state index in [1.165, 1.54) is 0 Å². The number of rotatable bonds is 9. The third-order valence-electron chi connectivity index (χ3n) is 3.69. The average Bonchev–Trinajstić information content (AvgIpc) is 2.43. The molecule has 1 rings (SSSR count). The van der Waals surface area contributed by atoms with Crippen molar-refractivity contribution in [1.82, 2.24) is 5.32 Å². The molecule has 0 bridgehead atoms. The van der Waals surface area contributed by atoms with Gasteiger partial charge in [0.25, 0.3) is 0 Å². The predicted molar refractivity (Wildman–Crippen MR) is 74.7 cm³/mol. The number of carbonyl (C=O) groups is 1. The number of carboxylic acid groups (broad SMARTS) is 1. The summed E-state index contributed by atoms with van der Waals surface area (Å²) in [7, 11) is 1.62. The van der Waals surface area contributed by atoms with Gasteiger partial charge in [-0.15, -0.1) is 0 Å². The predicted octanol–water partition coefficient (Wildman–Crippen LogP) is 0.632. The standard InChI is InChI=1S/C14H27NO5/c1-10(8-19-2)20-9-13(16)7-15-12-5-3-11(4-6-12)14(17)18/h10-13,15-16H,3-9H2,1-2H3,(H,17,18). The van der Waals surface area contributed by atoms with Gasteiger partial charge in [0.15, 0.2) is 0 Å². The Morgan fingerprint density at radius 1 is 1.30 bits per heavy atom. The van der Waals surface area contributed by atoms with Crippen molar-refractivity contribution in [2.75, 3.05) is 26.9 Å². The summed E-state index contributed by atoms with van der Waals surface area (Å²) in [5, 5.41) is 22.0. The van der Waals surface area contributed by atoms with Gasteiger partial charge in [0.1, 0.15) is 0 Å². The highest BCUT2D eigenvalue weighted by Crippen LogP contribution is 2.24. The van der Waals surface area contributed by atoms with Gasteiger partial charge in [-0.2, -0.15) is 0 Å². The van der Waals surface area contributed by atoms with Crippen LogP contribution in [0, 0.1) is 5.92 Å². The van der Waals surface area contributed by atoms with Gasteiger partial charge in [-0.1, -0.05) is 0 Å². The number of aliphatic hydroxyl groups excluding tert-OH is 1. The molecule has 0 aliphatic heterocycles. The Kier molecular flexibility index (Phi) is 8.06. The number of carboxylic acids is 1. The molecule has 6 heteroatoms. The topological polar surface area (TPSA) is 88.0 Å². The highest BCUT2D eigenvalue weighted by Gasteiger charge is 2.25. The number of ether oxygens (including phenoxy) is 2. The van der Waals surface area contributed by atoms with E-state index < -0.39 is 12.1 Å². The summed E-state index contributed by atoms with van der Waals surface area (Å²) in [6.07, 6.45) is 2.55. The fraction of sp³-hybridized carbons (Fsp3) is 0.929. The van der Waals surface area contributed by atoms with E-state index in [2.05, 4.69) is 5.32 Å². The van der Waals surface area contributed by atoms with Crippen LogP contribution < -0.4 is 5.32 Å². The molecule has 2 unspecified atom stereocenters. The van der Waals surface area contributed by atoms with Crippen LogP contribution in [-0.4, -0.2) is 61.3 Å². The van der Waals surface area contributed by atoms with Crippen LogP contribution in [0.3, 0.4) is 0 Å². The van der Waals surface area contributed by atoms with Gasteiger partial charge in [-0.25, -0.2) is 0 Å². The van der Waals surface area contributed by atoms with E-state index in [1.807, 2.05) is 6.92 Å². The molecule has 1 saturated carbocycles. The van der Waals surface area contributed by atoms with Crippen molar-refractivity contribution >= 4 is 5.97 Å². The molecule has 0 spiro atoms. The summed E-state index contributed by atoms with van der Waals surface area (Å²) < 4.78 is 10.4. The second-order valence-corrected chi connectivity index (χ2v) is 5.55. The van der Waals surface area contributed by atoms with Crippen LogP contribution in [0.1, 0.15) is 32.6 Å². The average molecular weight is 289 g/mol. The van der Waals surface area contributed by atoms with Crippen molar-refractivity contribution in [3.05, 3.63) is 0 Å². The van der Waals surface area contributed by atoms with E-state index in [0.29, 0.717) is 32.0 Å². The summed E-state index contributed by atoms with van der Waals surface area (Å²) in [4.78, 5) is 10.8. The lowest BCUT2D eigenvalue weighted by Gasteiger charge is -2.28. The van der Waals surface area contributed by atoms with Crippen molar-refractivity contribution in [1.29, 1.82) is 0 Å². The van der Waals surface area contributed by atoms with Gasteiger partial charge in [-0.3, -0.25) is 4.79 Å². The molecule has 0 aromatic heterocycles. The minimum Gasteiger partial charge on any atom is -0.481 e. The lowest BCUT2D eigenvalue weighted by Crippen LogP contribution is -2.40. The zero-order valence-corrected chi connectivity index (χ0v) is 12.4. The highest BCUT2D eigenvalue weighted by molar-refractivity contribution is 5.70. The molecular formula is C14H27NO5.